The number of nitrogens with zero attached hydrogens (tertiary/aromatic N) is 1. The van der Waals surface area contributed by atoms with Gasteiger partial charge in [-0.05, 0) is 36.3 Å². The lowest BCUT2D eigenvalue weighted by molar-refractivity contribution is 0.279. The molecule has 2 nitrogen and oxygen atoms in total. The molecule has 2 aromatic rings. The minimum atomic E-state index is 0.0163. The number of alkyl halides is 1. The minimum Gasteiger partial charge on any atom is -0.363 e. The van der Waals surface area contributed by atoms with E-state index in [0.717, 1.165) is 24.6 Å². The molecule has 0 radical (unpaired) electrons. The topological polar surface area (TPSA) is 24.9 Å². The van der Waals surface area contributed by atoms with Gasteiger partial charge in [-0.1, -0.05) is 19.8 Å². The van der Waals surface area contributed by atoms with Crippen LogP contribution in [0.25, 0.3) is 10.1 Å². The third kappa shape index (κ3) is 2.59. The minimum absolute atomic E-state index is 0.0163. The summed E-state index contributed by atoms with van der Waals surface area (Å²) in [5, 5.41) is 7.00. The van der Waals surface area contributed by atoms with Crippen LogP contribution >= 0.6 is 22.9 Å². The zero-order valence-corrected chi connectivity index (χ0v) is 12.7. The highest BCUT2D eigenvalue weighted by atomic mass is 35.5. The van der Waals surface area contributed by atoms with Gasteiger partial charge in [-0.3, -0.25) is 0 Å². The van der Waals surface area contributed by atoms with Crippen molar-refractivity contribution in [3.63, 3.8) is 0 Å². The first-order valence-corrected chi connectivity index (χ1v) is 8.30. The maximum atomic E-state index is 6.29. The van der Waals surface area contributed by atoms with Crippen LogP contribution in [-0.4, -0.2) is 16.4 Å². The van der Waals surface area contributed by atoms with Crippen molar-refractivity contribution in [1.29, 1.82) is 0 Å². The molecule has 0 spiro atoms. The molecule has 1 aliphatic rings. The van der Waals surface area contributed by atoms with E-state index < -0.39 is 0 Å². The monoisotopic (exact) mass is 294 g/mol. The molecular weight excluding hydrogens is 276 g/mol. The smallest absolute Gasteiger partial charge is 0.135 e. The molecule has 2 aromatic heterocycles. The van der Waals surface area contributed by atoms with E-state index in [4.69, 9.17) is 11.6 Å². The maximum Gasteiger partial charge on any atom is 0.135 e. The van der Waals surface area contributed by atoms with Crippen molar-refractivity contribution in [2.24, 2.45) is 5.92 Å². The normalized spacial score (nSPS) is 27.6. The predicted octanol–water partition coefficient (Wildman–Crippen LogP) is 4.90. The van der Waals surface area contributed by atoms with Gasteiger partial charge in [0.1, 0.15) is 5.82 Å². The highest BCUT2D eigenvalue weighted by Gasteiger charge is 2.34. The summed E-state index contributed by atoms with van der Waals surface area (Å²) < 4.78 is 1.28. The van der Waals surface area contributed by atoms with Crippen LogP contribution in [0.3, 0.4) is 0 Å². The molecule has 0 aliphatic heterocycles. The Morgan fingerprint density at radius 2 is 2.42 bits per heavy atom. The molecule has 0 saturated heterocycles. The average Bonchev–Trinajstić information content (AvgIpc) is 2.88. The second-order valence-corrected chi connectivity index (χ2v) is 6.95. The van der Waals surface area contributed by atoms with Crippen LogP contribution in [0.4, 0.5) is 5.82 Å². The summed E-state index contributed by atoms with van der Waals surface area (Å²) in [6.07, 6.45) is 6.73. The Bertz CT molecular complexity index is 568. The second-order valence-electron chi connectivity index (χ2n) is 5.73. The van der Waals surface area contributed by atoms with Crippen LogP contribution in [-0.2, 0) is 0 Å². The summed E-state index contributed by atoms with van der Waals surface area (Å²) in [6.45, 7) is 2.32. The summed E-state index contributed by atoms with van der Waals surface area (Å²) in [6, 6.07) is 4.21. The molecule has 1 aliphatic carbocycles. The molecule has 2 heterocycles. The summed E-state index contributed by atoms with van der Waals surface area (Å²) in [4.78, 5) is 4.53. The second kappa shape index (κ2) is 5.29. The molecule has 3 rings (SSSR count). The first-order chi connectivity index (χ1) is 9.22. The van der Waals surface area contributed by atoms with Crippen molar-refractivity contribution in [3.8, 4) is 0 Å². The number of hydrogen-bond acceptors (Lipinski definition) is 3. The van der Waals surface area contributed by atoms with Gasteiger partial charge in [0.2, 0.25) is 0 Å². The zero-order chi connectivity index (χ0) is 13.3. The van der Waals surface area contributed by atoms with Gasteiger partial charge in [0.25, 0.3) is 0 Å². The van der Waals surface area contributed by atoms with E-state index in [1.165, 1.54) is 22.9 Å². The van der Waals surface area contributed by atoms with E-state index in [1.807, 2.05) is 6.20 Å². The van der Waals surface area contributed by atoms with E-state index in [1.54, 1.807) is 11.3 Å². The number of rotatable bonds is 3. The number of hydrogen-bond donors (Lipinski definition) is 1. The molecule has 1 N–H and O–H groups in total. The third-order valence-corrected chi connectivity index (χ3v) is 5.50. The van der Waals surface area contributed by atoms with Gasteiger partial charge >= 0.3 is 0 Å². The van der Waals surface area contributed by atoms with Gasteiger partial charge in [-0.15, -0.1) is 22.9 Å². The first kappa shape index (κ1) is 13.2. The van der Waals surface area contributed by atoms with Gasteiger partial charge in [0, 0.05) is 22.2 Å². The lowest BCUT2D eigenvalue weighted by Gasteiger charge is -2.40. The molecule has 0 aromatic carbocycles. The highest BCUT2D eigenvalue weighted by Crippen LogP contribution is 2.37. The van der Waals surface area contributed by atoms with Gasteiger partial charge in [0.05, 0.1) is 5.54 Å². The molecular formula is C15H19ClN2S. The largest absolute Gasteiger partial charge is 0.363 e. The van der Waals surface area contributed by atoms with Crippen LogP contribution in [0.15, 0.2) is 23.7 Å². The molecule has 4 heteroatoms. The predicted molar refractivity (Wildman–Crippen MR) is 84.3 cm³/mol. The van der Waals surface area contributed by atoms with Crippen molar-refractivity contribution in [2.75, 3.05) is 11.2 Å². The average molecular weight is 295 g/mol. The fraction of sp³-hybridized carbons (Fsp3) is 0.533. The Balaban J connectivity index is 1.92. The van der Waals surface area contributed by atoms with Gasteiger partial charge in [-0.2, -0.15) is 0 Å². The number of aromatic nitrogens is 1. The number of halogens is 1. The van der Waals surface area contributed by atoms with Crippen LogP contribution in [0.2, 0.25) is 0 Å². The van der Waals surface area contributed by atoms with Gasteiger partial charge in [-0.25, -0.2) is 4.98 Å². The summed E-state index contributed by atoms with van der Waals surface area (Å²) >= 11 is 8.05. The molecule has 0 amide bonds. The molecule has 2 unspecified atom stereocenters. The van der Waals surface area contributed by atoms with E-state index >= 15 is 0 Å². The Morgan fingerprint density at radius 1 is 1.53 bits per heavy atom. The van der Waals surface area contributed by atoms with Crippen LogP contribution in [0.5, 0.6) is 0 Å². The van der Waals surface area contributed by atoms with E-state index in [2.05, 4.69) is 34.7 Å². The van der Waals surface area contributed by atoms with Crippen molar-refractivity contribution in [1.82, 2.24) is 4.98 Å². The SMILES string of the molecule is CC1CCCC(CCl)(Nc2nccc3sccc23)C1. The number of anilines is 1. The highest BCUT2D eigenvalue weighted by molar-refractivity contribution is 7.17. The summed E-state index contributed by atoms with van der Waals surface area (Å²) in [5.41, 5.74) is 0.0163. The number of nitrogens with one attached hydrogen (secondary N) is 1. The Labute approximate surface area is 123 Å². The summed E-state index contributed by atoms with van der Waals surface area (Å²) in [5.74, 6) is 2.38. The van der Waals surface area contributed by atoms with Crippen molar-refractivity contribution in [3.05, 3.63) is 23.7 Å². The van der Waals surface area contributed by atoms with Crippen molar-refractivity contribution in [2.45, 2.75) is 38.1 Å². The van der Waals surface area contributed by atoms with E-state index in [-0.39, 0.29) is 5.54 Å². The van der Waals surface area contributed by atoms with E-state index in [9.17, 15) is 0 Å². The zero-order valence-electron chi connectivity index (χ0n) is 11.2. The van der Waals surface area contributed by atoms with Gasteiger partial charge in [0.15, 0.2) is 0 Å². The maximum absolute atomic E-state index is 6.29. The Morgan fingerprint density at radius 3 is 3.21 bits per heavy atom. The van der Waals surface area contributed by atoms with E-state index in [0.29, 0.717) is 5.88 Å². The van der Waals surface area contributed by atoms with Crippen LogP contribution in [0.1, 0.15) is 32.6 Å². The third-order valence-electron chi connectivity index (χ3n) is 4.11. The quantitative estimate of drug-likeness (QED) is 0.815. The summed E-state index contributed by atoms with van der Waals surface area (Å²) in [7, 11) is 0. The Kier molecular flexibility index (Phi) is 3.68. The van der Waals surface area contributed by atoms with Crippen molar-refractivity contribution < 1.29 is 0 Å². The molecule has 102 valence electrons. The lowest BCUT2D eigenvalue weighted by atomic mass is 9.77. The van der Waals surface area contributed by atoms with Crippen LogP contribution < -0.4 is 5.32 Å². The fourth-order valence-electron chi connectivity index (χ4n) is 3.17. The molecule has 1 saturated carbocycles. The molecule has 0 bridgehead atoms. The standard InChI is InChI=1S/C15H19ClN2S/c1-11-3-2-6-15(9-11,10-16)18-14-12-5-8-19-13(12)4-7-17-14/h4-5,7-8,11H,2-3,6,9-10H2,1H3,(H,17,18). The van der Waals surface area contributed by atoms with Gasteiger partial charge < -0.3 is 5.32 Å². The lowest BCUT2D eigenvalue weighted by Crippen LogP contribution is -2.44. The van der Waals surface area contributed by atoms with Crippen LogP contribution in [0, 0.1) is 5.92 Å². The molecule has 19 heavy (non-hydrogen) atoms. The fourth-order valence-corrected chi connectivity index (χ4v) is 4.27. The first-order valence-electron chi connectivity index (χ1n) is 6.89. The number of pyridine rings is 1. The number of fused-ring (bicyclic) bond motifs is 1. The molecule has 1 fully saturated rings. The molecule has 2 atom stereocenters. The van der Waals surface area contributed by atoms with Crippen molar-refractivity contribution >= 4 is 38.8 Å². The number of thiophene rings is 1. The Hall–Kier alpha value is -0.800.